The van der Waals surface area contributed by atoms with E-state index in [2.05, 4.69) is 15.7 Å². The maximum Gasteiger partial charge on any atom is 0.269 e. The van der Waals surface area contributed by atoms with E-state index in [0.717, 1.165) is 0 Å². The Morgan fingerprint density at radius 3 is 2.67 bits per heavy atom. The summed E-state index contributed by atoms with van der Waals surface area (Å²) in [6, 6.07) is 11.4. The maximum atomic E-state index is 14.1. The van der Waals surface area contributed by atoms with Crippen LogP contribution in [0.5, 0.6) is 0 Å². The van der Waals surface area contributed by atoms with Crippen LogP contribution >= 0.6 is 11.6 Å². The molecular formula is C22H22ClFN6O3. The molecule has 0 radical (unpaired) electrons. The van der Waals surface area contributed by atoms with Crippen molar-refractivity contribution in [3.05, 3.63) is 64.6 Å². The number of para-hydroxylation sites is 1. The van der Waals surface area contributed by atoms with Gasteiger partial charge in [-0.05, 0) is 12.1 Å². The minimum atomic E-state index is -0.690. The van der Waals surface area contributed by atoms with E-state index >= 15 is 0 Å². The lowest BCUT2D eigenvalue weighted by Crippen LogP contribution is -2.61. The first kappa shape index (κ1) is 22.7. The Morgan fingerprint density at radius 1 is 1.21 bits per heavy atom. The molecule has 1 fully saturated rings. The third-order valence-corrected chi connectivity index (χ3v) is 5.81. The van der Waals surface area contributed by atoms with E-state index in [9.17, 15) is 18.8 Å². The van der Waals surface area contributed by atoms with Crippen molar-refractivity contribution in [2.75, 3.05) is 19.6 Å². The number of nitrogens with two attached hydrogens (primary N) is 1. The number of fused-ring (bicyclic) bond motifs is 1. The first-order valence-corrected chi connectivity index (χ1v) is 10.7. The molecule has 1 aromatic heterocycles. The molecule has 2 aromatic carbocycles. The van der Waals surface area contributed by atoms with Crippen LogP contribution < -0.4 is 16.4 Å². The van der Waals surface area contributed by atoms with Crippen molar-refractivity contribution in [1.29, 1.82) is 0 Å². The van der Waals surface area contributed by atoms with Gasteiger partial charge in [0.15, 0.2) is 5.69 Å². The molecule has 0 atom stereocenters. The highest BCUT2D eigenvalue weighted by Crippen LogP contribution is 2.19. The molecule has 9 nitrogen and oxygen atoms in total. The van der Waals surface area contributed by atoms with Crippen molar-refractivity contribution in [3.63, 3.8) is 0 Å². The van der Waals surface area contributed by atoms with Gasteiger partial charge in [-0.25, -0.2) is 4.39 Å². The van der Waals surface area contributed by atoms with Crippen LogP contribution in [0.2, 0.25) is 5.02 Å². The summed E-state index contributed by atoms with van der Waals surface area (Å²) >= 11 is 5.78. The third kappa shape index (κ3) is 4.81. The van der Waals surface area contributed by atoms with E-state index in [1.807, 2.05) is 0 Å². The van der Waals surface area contributed by atoms with Crippen molar-refractivity contribution < 1.29 is 18.8 Å². The number of aromatic nitrogens is 2. The van der Waals surface area contributed by atoms with Crippen molar-refractivity contribution in [2.24, 2.45) is 5.73 Å². The normalized spacial score (nSPS) is 13.5. The van der Waals surface area contributed by atoms with Crippen molar-refractivity contribution in [1.82, 2.24) is 25.3 Å². The highest BCUT2D eigenvalue weighted by molar-refractivity contribution is 6.30. The molecule has 4 N–H and O–H groups in total. The topological polar surface area (TPSA) is 122 Å². The summed E-state index contributed by atoms with van der Waals surface area (Å²) in [6.45, 7) is 0.681. The van der Waals surface area contributed by atoms with Crippen LogP contribution in [-0.4, -0.2) is 58.1 Å². The lowest BCUT2D eigenvalue weighted by molar-refractivity contribution is -0.140. The van der Waals surface area contributed by atoms with Gasteiger partial charge in [0, 0.05) is 30.6 Å². The molecule has 11 heteroatoms. The fourth-order valence-corrected chi connectivity index (χ4v) is 3.85. The standard InChI is InChI=1S/C22H22ClFN6O3/c23-16-6-3-4-13(20(16)24)8-27-18(31)11-29(14-9-26-10-14)19(32)12-30-17-7-2-1-5-15(17)21(28-30)22(25)33/h1-7,14,26H,8-12H2,(H2,25,33)(H,27,31). The summed E-state index contributed by atoms with van der Waals surface area (Å²) in [7, 11) is 0. The van der Waals surface area contributed by atoms with E-state index < -0.39 is 17.6 Å². The summed E-state index contributed by atoms with van der Waals surface area (Å²) in [4.78, 5) is 38.9. The zero-order chi connectivity index (χ0) is 23.5. The number of carbonyl (C=O) groups is 3. The number of amides is 3. The second kappa shape index (κ2) is 9.55. The van der Waals surface area contributed by atoms with Crippen LogP contribution in [-0.2, 0) is 22.7 Å². The molecule has 4 rings (SSSR count). The van der Waals surface area contributed by atoms with Crippen LogP contribution in [0, 0.1) is 5.82 Å². The van der Waals surface area contributed by atoms with Gasteiger partial charge in [-0.1, -0.05) is 41.9 Å². The monoisotopic (exact) mass is 472 g/mol. The number of nitrogens with zero attached hydrogens (tertiary/aromatic N) is 3. The van der Waals surface area contributed by atoms with Crippen molar-refractivity contribution in [2.45, 2.75) is 19.1 Å². The number of carbonyl (C=O) groups excluding carboxylic acids is 3. The van der Waals surface area contributed by atoms with Gasteiger partial charge in [-0.15, -0.1) is 0 Å². The summed E-state index contributed by atoms with van der Waals surface area (Å²) in [5.41, 5.74) is 6.34. The Kier molecular flexibility index (Phi) is 6.57. The number of rotatable bonds is 8. The number of hydrogen-bond donors (Lipinski definition) is 3. The van der Waals surface area contributed by atoms with Crippen molar-refractivity contribution in [3.8, 4) is 0 Å². The molecule has 2 heterocycles. The van der Waals surface area contributed by atoms with Crippen LogP contribution in [0.15, 0.2) is 42.5 Å². The summed E-state index contributed by atoms with van der Waals surface area (Å²) < 4.78 is 15.5. The van der Waals surface area contributed by atoms with Gasteiger partial charge in [0.05, 0.1) is 23.1 Å². The highest BCUT2D eigenvalue weighted by Gasteiger charge is 2.31. The number of benzene rings is 2. The van der Waals surface area contributed by atoms with Gasteiger partial charge in [-0.3, -0.25) is 19.1 Å². The SMILES string of the molecule is NC(=O)c1nn(CC(=O)N(CC(=O)NCc2cccc(Cl)c2F)C2CNC2)c2ccccc12. The summed E-state index contributed by atoms with van der Waals surface area (Å²) in [5, 5.41) is 10.4. The molecule has 0 unspecified atom stereocenters. The van der Waals surface area contributed by atoms with Gasteiger partial charge in [0.25, 0.3) is 5.91 Å². The molecule has 33 heavy (non-hydrogen) atoms. The Bertz CT molecular complexity index is 1230. The molecule has 3 amide bonds. The van der Waals surface area contributed by atoms with E-state index in [4.69, 9.17) is 17.3 Å². The first-order valence-electron chi connectivity index (χ1n) is 10.3. The minimum Gasteiger partial charge on any atom is -0.364 e. The Morgan fingerprint density at radius 2 is 1.97 bits per heavy atom. The first-order chi connectivity index (χ1) is 15.8. The second-order valence-corrected chi connectivity index (χ2v) is 8.12. The molecule has 1 saturated heterocycles. The molecule has 1 aliphatic heterocycles. The zero-order valence-electron chi connectivity index (χ0n) is 17.6. The molecule has 0 aliphatic carbocycles. The van der Waals surface area contributed by atoms with Crippen molar-refractivity contribution >= 4 is 40.2 Å². The summed E-state index contributed by atoms with van der Waals surface area (Å²) in [5.74, 6) is -2.05. The number of primary amides is 1. The van der Waals surface area contributed by atoms with Crippen LogP contribution in [0.25, 0.3) is 10.9 Å². The average molecular weight is 473 g/mol. The average Bonchev–Trinajstić information content (AvgIpc) is 3.12. The summed E-state index contributed by atoms with van der Waals surface area (Å²) in [6.07, 6.45) is 0. The Hall–Kier alpha value is -3.50. The van der Waals surface area contributed by atoms with Gasteiger partial charge >= 0.3 is 0 Å². The Balaban J connectivity index is 1.47. The minimum absolute atomic E-state index is 0.0270. The lowest BCUT2D eigenvalue weighted by Gasteiger charge is -2.37. The molecule has 172 valence electrons. The fraction of sp³-hybridized carbons (Fsp3) is 0.273. The zero-order valence-corrected chi connectivity index (χ0v) is 18.3. The Labute approximate surface area is 193 Å². The van der Waals surface area contributed by atoms with Crippen LogP contribution in [0.1, 0.15) is 16.1 Å². The molecule has 0 saturated carbocycles. The molecule has 0 spiro atoms. The predicted molar refractivity (Wildman–Crippen MR) is 120 cm³/mol. The van der Waals surface area contributed by atoms with Gasteiger partial charge in [0.2, 0.25) is 11.8 Å². The quantitative estimate of drug-likeness (QED) is 0.452. The van der Waals surface area contributed by atoms with E-state index in [1.165, 1.54) is 21.7 Å². The third-order valence-electron chi connectivity index (χ3n) is 5.52. The predicted octanol–water partition coefficient (Wildman–Crippen LogP) is 1.04. The largest absolute Gasteiger partial charge is 0.364 e. The lowest BCUT2D eigenvalue weighted by atomic mass is 10.1. The highest BCUT2D eigenvalue weighted by atomic mass is 35.5. The number of halogens is 2. The van der Waals surface area contributed by atoms with Gasteiger partial charge in [-0.2, -0.15) is 5.10 Å². The smallest absolute Gasteiger partial charge is 0.269 e. The maximum absolute atomic E-state index is 14.1. The molecule has 0 bridgehead atoms. The van der Waals surface area contributed by atoms with E-state index in [1.54, 1.807) is 30.3 Å². The van der Waals surface area contributed by atoms with Crippen LogP contribution in [0.4, 0.5) is 4.39 Å². The molecule has 1 aliphatic rings. The molecular weight excluding hydrogens is 451 g/mol. The van der Waals surface area contributed by atoms with E-state index in [-0.39, 0.29) is 47.9 Å². The number of hydrogen-bond acceptors (Lipinski definition) is 5. The number of nitrogens with one attached hydrogen (secondary N) is 2. The van der Waals surface area contributed by atoms with E-state index in [0.29, 0.717) is 24.0 Å². The van der Waals surface area contributed by atoms with Gasteiger partial charge < -0.3 is 21.3 Å². The second-order valence-electron chi connectivity index (χ2n) is 7.71. The van der Waals surface area contributed by atoms with Gasteiger partial charge in [0.1, 0.15) is 12.4 Å². The van der Waals surface area contributed by atoms with Crippen LogP contribution in [0.3, 0.4) is 0 Å². The fourth-order valence-electron chi connectivity index (χ4n) is 3.65. The molecule has 3 aromatic rings.